The molecule has 21 heavy (non-hydrogen) atoms. The van der Waals surface area contributed by atoms with Gasteiger partial charge < -0.3 is 5.73 Å². The zero-order valence-corrected chi connectivity index (χ0v) is 11.3. The second-order valence-electron chi connectivity index (χ2n) is 4.80. The summed E-state index contributed by atoms with van der Waals surface area (Å²) in [5.41, 5.74) is 5.30. The number of alkyl halides is 2. The van der Waals surface area contributed by atoms with Gasteiger partial charge in [-0.25, -0.2) is 8.78 Å². The van der Waals surface area contributed by atoms with E-state index in [0.717, 1.165) is 17.7 Å². The van der Waals surface area contributed by atoms with Crippen molar-refractivity contribution in [3.63, 3.8) is 0 Å². The fourth-order valence-corrected chi connectivity index (χ4v) is 2.10. The van der Waals surface area contributed by atoms with E-state index in [1.54, 1.807) is 6.92 Å². The Morgan fingerprint density at radius 3 is 2.43 bits per heavy atom. The van der Waals surface area contributed by atoms with Gasteiger partial charge in [-0.05, 0) is 30.2 Å². The van der Waals surface area contributed by atoms with Crippen LogP contribution in [0.15, 0.2) is 36.5 Å². The summed E-state index contributed by atoms with van der Waals surface area (Å²) in [6.45, 7) is 1.22. The van der Waals surface area contributed by atoms with E-state index in [-0.39, 0.29) is 5.56 Å². The molecule has 0 unspecified atom stereocenters. The van der Waals surface area contributed by atoms with Crippen molar-refractivity contribution in [2.45, 2.75) is 18.8 Å². The molecule has 0 aliphatic carbocycles. The third-order valence-corrected chi connectivity index (χ3v) is 3.26. The molecule has 6 heteroatoms. The number of pyridine rings is 1. The van der Waals surface area contributed by atoms with Crippen molar-refractivity contribution in [3.05, 3.63) is 65.0 Å². The van der Waals surface area contributed by atoms with Crippen LogP contribution in [0.25, 0.3) is 0 Å². The lowest BCUT2D eigenvalue weighted by atomic mass is 9.90. The summed E-state index contributed by atoms with van der Waals surface area (Å²) in [4.78, 5) is 3.69. The molecule has 0 aliphatic rings. The van der Waals surface area contributed by atoms with Crippen molar-refractivity contribution in [3.8, 4) is 0 Å². The van der Waals surface area contributed by atoms with Crippen LogP contribution < -0.4 is 5.73 Å². The molecule has 0 bridgehead atoms. The minimum atomic E-state index is -3.46. The van der Waals surface area contributed by atoms with Gasteiger partial charge in [-0.15, -0.1) is 0 Å². The van der Waals surface area contributed by atoms with E-state index in [9.17, 15) is 17.6 Å². The van der Waals surface area contributed by atoms with Crippen molar-refractivity contribution in [2.75, 3.05) is 6.54 Å². The normalized spacial score (nSPS) is 13.2. The molecular formula is C15H14F4N2. The van der Waals surface area contributed by atoms with Gasteiger partial charge in [0.2, 0.25) is 0 Å². The number of halogens is 4. The Morgan fingerprint density at radius 1 is 1.19 bits per heavy atom. The van der Waals surface area contributed by atoms with E-state index < -0.39 is 35.7 Å². The largest absolute Gasteiger partial charge is 0.330 e. The molecule has 0 saturated heterocycles. The molecule has 2 aromatic rings. The lowest BCUT2D eigenvalue weighted by Crippen LogP contribution is -2.31. The van der Waals surface area contributed by atoms with Gasteiger partial charge in [-0.1, -0.05) is 12.1 Å². The van der Waals surface area contributed by atoms with Crippen LogP contribution >= 0.6 is 0 Å². The lowest BCUT2D eigenvalue weighted by molar-refractivity contribution is -0.0366. The van der Waals surface area contributed by atoms with Crippen LogP contribution in [0.4, 0.5) is 17.6 Å². The molecule has 0 aliphatic heterocycles. The first kappa shape index (κ1) is 15.4. The zero-order valence-electron chi connectivity index (χ0n) is 11.3. The second kappa shape index (κ2) is 5.81. The first-order valence-corrected chi connectivity index (χ1v) is 6.32. The Hall–Kier alpha value is -1.95. The molecule has 0 radical (unpaired) electrons. The molecule has 0 fully saturated rings. The van der Waals surface area contributed by atoms with Crippen LogP contribution in [0.2, 0.25) is 0 Å². The molecule has 1 heterocycles. The van der Waals surface area contributed by atoms with Crippen molar-refractivity contribution >= 4 is 0 Å². The van der Waals surface area contributed by atoms with Crippen LogP contribution in [0, 0.1) is 18.6 Å². The highest BCUT2D eigenvalue weighted by molar-refractivity contribution is 5.29. The Balaban J connectivity index is 2.45. The third kappa shape index (κ3) is 3.05. The fraction of sp³-hybridized carbons (Fsp3) is 0.267. The van der Waals surface area contributed by atoms with Gasteiger partial charge in [-0.2, -0.15) is 8.78 Å². The number of hydrogen-bond donors (Lipinski definition) is 1. The Morgan fingerprint density at radius 2 is 1.90 bits per heavy atom. The number of nitrogens with zero attached hydrogens (tertiary/aromatic N) is 1. The summed E-state index contributed by atoms with van der Waals surface area (Å²) >= 11 is 0. The number of aromatic nitrogens is 1. The van der Waals surface area contributed by atoms with Gasteiger partial charge >= 0.3 is 0 Å². The zero-order chi connectivity index (χ0) is 15.6. The lowest BCUT2D eigenvalue weighted by Gasteiger charge is -2.26. The van der Waals surface area contributed by atoms with Crippen LogP contribution in [0.5, 0.6) is 0 Å². The summed E-state index contributed by atoms with van der Waals surface area (Å²) in [5.74, 6) is -6.95. The summed E-state index contributed by atoms with van der Waals surface area (Å²) in [7, 11) is 0. The summed E-state index contributed by atoms with van der Waals surface area (Å²) in [5, 5.41) is 0. The molecule has 0 spiro atoms. The summed E-state index contributed by atoms with van der Waals surface area (Å²) in [6.07, 6.45) is 1.30. The highest BCUT2D eigenvalue weighted by atomic mass is 19.3. The van der Waals surface area contributed by atoms with E-state index in [1.165, 1.54) is 18.3 Å². The molecule has 0 amide bonds. The number of benzene rings is 1. The second-order valence-corrected chi connectivity index (χ2v) is 4.80. The van der Waals surface area contributed by atoms with E-state index >= 15 is 0 Å². The van der Waals surface area contributed by atoms with Crippen LogP contribution in [0.3, 0.4) is 0 Å². The van der Waals surface area contributed by atoms with Gasteiger partial charge in [0, 0.05) is 18.8 Å². The molecule has 1 aromatic heterocycles. The first-order valence-electron chi connectivity index (χ1n) is 6.32. The predicted octanol–water partition coefficient (Wildman–Crippen LogP) is 3.50. The molecule has 1 aromatic carbocycles. The fourth-order valence-electron chi connectivity index (χ4n) is 2.10. The van der Waals surface area contributed by atoms with Gasteiger partial charge in [0.1, 0.15) is 17.3 Å². The Labute approximate surface area is 119 Å². The smallest absolute Gasteiger partial charge is 0.297 e. The maximum Gasteiger partial charge on any atom is 0.297 e. The number of nitrogens with two attached hydrogens (primary N) is 1. The predicted molar refractivity (Wildman–Crippen MR) is 71.0 cm³/mol. The van der Waals surface area contributed by atoms with E-state index in [0.29, 0.717) is 6.07 Å². The topological polar surface area (TPSA) is 38.9 Å². The summed E-state index contributed by atoms with van der Waals surface area (Å²) < 4.78 is 55.7. The maximum absolute atomic E-state index is 14.5. The van der Waals surface area contributed by atoms with Gasteiger partial charge in [0.25, 0.3) is 5.92 Å². The first-order chi connectivity index (χ1) is 9.86. The average molecular weight is 298 g/mol. The standard InChI is InChI=1S/C15H14F4N2/c1-9-2-5-14(21-8-9)15(18,19)12(7-20)11-4-3-10(16)6-13(11)17/h2-6,8,12H,7,20H2,1H3/t12-/m0/s1. The minimum Gasteiger partial charge on any atom is -0.330 e. The monoisotopic (exact) mass is 298 g/mol. The maximum atomic E-state index is 14.5. The van der Waals surface area contributed by atoms with Crippen molar-refractivity contribution in [1.29, 1.82) is 0 Å². The number of hydrogen-bond acceptors (Lipinski definition) is 2. The van der Waals surface area contributed by atoms with Crippen molar-refractivity contribution in [2.24, 2.45) is 5.73 Å². The van der Waals surface area contributed by atoms with Gasteiger partial charge in [0.15, 0.2) is 0 Å². The molecular weight excluding hydrogens is 284 g/mol. The van der Waals surface area contributed by atoms with Crippen molar-refractivity contribution < 1.29 is 17.6 Å². The molecule has 2 rings (SSSR count). The van der Waals surface area contributed by atoms with Crippen molar-refractivity contribution in [1.82, 2.24) is 4.98 Å². The molecule has 1 atom stereocenters. The van der Waals surface area contributed by atoms with Crippen LogP contribution in [-0.2, 0) is 5.92 Å². The Kier molecular flexibility index (Phi) is 4.27. The molecule has 0 saturated carbocycles. The molecule has 112 valence electrons. The molecule has 2 N–H and O–H groups in total. The average Bonchev–Trinajstić information content (AvgIpc) is 2.42. The van der Waals surface area contributed by atoms with Crippen LogP contribution in [0.1, 0.15) is 22.7 Å². The quantitative estimate of drug-likeness (QED) is 0.877. The van der Waals surface area contributed by atoms with E-state index in [4.69, 9.17) is 5.73 Å². The molecule has 2 nitrogen and oxygen atoms in total. The highest BCUT2D eigenvalue weighted by Gasteiger charge is 2.44. The third-order valence-electron chi connectivity index (χ3n) is 3.26. The minimum absolute atomic E-state index is 0.328. The SMILES string of the molecule is Cc1ccc(C(F)(F)[C@@H](CN)c2ccc(F)cc2F)nc1. The highest BCUT2D eigenvalue weighted by Crippen LogP contribution is 2.41. The number of aryl methyl sites for hydroxylation is 1. The van der Waals surface area contributed by atoms with Gasteiger partial charge in [0.05, 0.1) is 5.92 Å². The van der Waals surface area contributed by atoms with E-state index in [2.05, 4.69) is 4.98 Å². The Bertz CT molecular complexity index is 626. The summed E-state index contributed by atoms with van der Waals surface area (Å²) in [6, 6.07) is 5.16. The van der Waals surface area contributed by atoms with Gasteiger partial charge in [-0.3, -0.25) is 4.98 Å². The number of rotatable bonds is 4. The van der Waals surface area contributed by atoms with Crippen LogP contribution in [-0.4, -0.2) is 11.5 Å². The van der Waals surface area contributed by atoms with E-state index in [1.807, 2.05) is 0 Å².